The Bertz CT molecular complexity index is 932. The number of aliphatic hydroxyl groups is 1. The van der Waals surface area contributed by atoms with Crippen LogP contribution < -0.4 is 14.8 Å². The van der Waals surface area contributed by atoms with Crippen molar-refractivity contribution in [1.29, 1.82) is 0 Å². The predicted molar refractivity (Wildman–Crippen MR) is 101 cm³/mol. The molecule has 0 fully saturated rings. The molecule has 0 spiro atoms. The van der Waals surface area contributed by atoms with E-state index in [0.29, 0.717) is 44.0 Å². The van der Waals surface area contributed by atoms with Crippen molar-refractivity contribution in [2.75, 3.05) is 19.5 Å². The number of halogens is 2. The highest BCUT2D eigenvalue weighted by atomic mass is 35.5. The summed E-state index contributed by atoms with van der Waals surface area (Å²) < 4.78 is 10.7. The minimum absolute atomic E-state index is 0.176. The number of nitrogens with one attached hydrogen (secondary N) is 1. The topological polar surface area (TPSA) is 63.6 Å². The van der Waals surface area contributed by atoms with Gasteiger partial charge in [-0.25, -0.2) is 0 Å². The largest absolute Gasteiger partial charge is 0.493 e. The lowest BCUT2D eigenvalue weighted by atomic mass is 10.1. The average Bonchev–Trinajstić information content (AvgIpc) is 2.62. The molecule has 2 N–H and O–H groups in total. The molecule has 3 aromatic rings. The van der Waals surface area contributed by atoms with Gasteiger partial charge in [0.25, 0.3) is 0 Å². The fourth-order valence-corrected chi connectivity index (χ4v) is 3.01. The summed E-state index contributed by atoms with van der Waals surface area (Å²) in [6.07, 6.45) is 1.61. The van der Waals surface area contributed by atoms with E-state index in [1.165, 1.54) is 0 Å². The molecule has 0 aliphatic rings. The Hall–Kier alpha value is -2.21. The van der Waals surface area contributed by atoms with Gasteiger partial charge >= 0.3 is 0 Å². The number of hydrogen-bond donors (Lipinski definition) is 2. The van der Waals surface area contributed by atoms with Gasteiger partial charge in [0.05, 0.1) is 42.7 Å². The number of benzene rings is 2. The highest BCUT2D eigenvalue weighted by molar-refractivity contribution is 6.36. The van der Waals surface area contributed by atoms with Gasteiger partial charge in [-0.05, 0) is 24.3 Å². The number of rotatable bonds is 5. The zero-order valence-corrected chi connectivity index (χ0v) is 15.1. The molecule has 0 saturated carbocycles. The highest BCUT2D eigenvalue weighted by Gasteiger charge is 2.14. The Morgan fingerprint density at radius 2 is 1.80 bits per heavy atom. The van der Waals surface area contributed by atoms with Crippen LogP contribution in [0.1, 0.15) is 5.56 Å². The Morgan fingerprint density at radius 1 is 1.08 bits per heavy atom. The van der Waals surface area contributed by atoms with E-state index in [-0.39, 0.29) is 6.61 Å². The van der Waals surface area contributed by atoms with Gasteiger partial charge in [0.1, 0.15) is 0 Å². The van der Waals surface area contributed by atoms with E-state index < -0.39 is 0 Å². The van der Waals surface area contributed by atoms with E-state index in [1.807, 2.05) is 6.07 Å². The van der Waals surface area contributed by atoms with Gasteiger partial charge in [0.15, 0.2) is 11.5 Å². The van der Waals surface area contributed by atoms with Gasteiger partial charge in [-0.2, -0.15) is 0 Å². The minimum Gasteiger partial charge on any atom is -0.493 e. The van der Waals surface area contributed by atoms with Gasteiger partial charge in [-0.15, -0.1) is 0 Å². The van der Waals surface area contributed by atoms with Crippen LogP contribution in [-0.4, -0.2) is 24.3 Å². The van der Waals surface area contributed by atoms with E-state index in [0.717, 1.165) is 5.39 Å². The smallest absolute Gasteiger partial charge is 0.162 e. The summed E-state index contributed by atoms with van der Waals surface area (Å²) in [6, 6.07) is 8.76. The Balaban J connectivity index is 2.20. The molecule has 0 saturated heterocycles. The summed E-state index contributed by atoms with van der Waals surface area (Å²) in [4.78, 5) is 4.39. The molecule has 0 amide bonds. The first-order valence-electron chi connectivity index (χ1n) is 7.44. The van der Waals surface area contributed by atoms with Gasteiger partial charge in [0.2, 0.25) is 0 Å². The second-order valence-corrected chi connectivity index (χ2v) is 6.13. The molecule has 25 heavy (non-hydrogen) atoms. The van der Waals surface area contributed by atoms with Crippen LogP contribution in [0.4, 0.5) is 11.4 Å². The molecule has 0 aliphatic heterocycles. The zero-order chi connectivity index (χ0) is 18.0. The van der Waals surface area contributed by atoms with Crippen LogP contribution in [0.5, 0.6) is 11.5 Å². The van der Waals surface area contributed by atoms with Crippen molar-refractivity contribution in [3.63, 3.8) is 0 Å². The van der Waals surface area contributed by atoms with Crippen LogP contribution in [0.3, 0.4) is 0 Å². The van der Waals surface area contributed by atoms with Gasteiger partial charge in [-0.3, -0.25) is 4.98 Å². The third kappa shape index (κ3) is 3.44. The van der Waals surface area contributed by atoms with Crippen LogP contribution in [0.2, 0.25) is 10.0 Å². The second kappa shape index (κ2) is 7.35. The summed E-state index contributed by atoms with van der Waals surface area (Å²) in [5, 5.41) is 14.8. The maximum atomic E-state index is 9.71. The number of methoxy groups -OCH3 is 2. The maximum Gasteiger partial charge on any atom is 0.162 e. The molecule has 0 aliphatic carbocycles. The summed E-state index contributed by atoms with van der Waals surface area (Å²) in [5.74, 6) is 1.15. The summed E-state index contributed by atoms with van der Waals surface area (Å²) in [6.45, 7) is -0.176. The monoisotopic (exact) mass is 378 g/mol. The summed E-state index contributed by atoms with van der Waals surface area (Å²) in [7, 11) is 3.13. The zero-order valence-electron chi connectivity index (χ0n) is 13.6. The quantitative estimate of drug-likeness (QED) is 0.667. The number of nitrogens with zero attached hydrogens (tertiary/aromatic N) is 1. The molecule has 0 atom stereocenters. The lowest BCUT2D eigenvalue weighted by Gasteiger charge is -2.16. The van der Waals surface area contributed by atoms with Crippen molar-refractivity contribution in [2.24, 2.45) is 0 Å². The first-order chi connectivity index (χ1) is 12.1. The molecule has 1 heterocycles. The summed E-state index contributed by atoms with van der Waals surface area (Å²) >= 11 is 12.2. The standard InChI is InChI=1S/C18H16Cl2N2O3/c1-24-16-6-12-15(7-17(16)25-2)21-8-10(9-23)18(12)22-14-4-3-11(19)5-13(14)20/h3-8,23H,9H2,1-2H3,(H,21,22). The Kier molecular flexibility index (Phi) is 5.18. The van der Waals surface area contributed by atoms with E-state index in [9.17, 15) is 5.11 Å². The van der Waals surface area contributed by atoms with E-state index in [1.54, 1.807) is 44.7 Å². The third-order valence-electron chi connectivity index (χ3n) is 3.81. The molecule has 5 nitrogen and oxygen atoms in total. The normalized spacial score (nSPS) is 10.8. The number of ether oxygens (including phenoxy) is 2. The molecule has 7 heteroatoms. The first kappa shape index (κ1) is 17.6. The van der Waals surface area contributed by atoms with Crippen LogP contribution >= 0.6 is 23.2 Å². The number of anilines is 2. The minimum atomic E-state index is -0.176. The number of aromatic nitrogens is 1. The van der Waals surface area contributed by atoms with Crippen LogP contribution in [0.25, 0.3) is 10.9 Å². The van der Waals surface area contributed by atoms with E-state index >= 15 is 0 Å². The molecule has 130 valence electrons. The lowest BCUT2D eigenvalue weighted by Crippen LogP contribution is -2.00. The molecule has 0 radical (unpaired) electrons. The fourth-order valence-electron chi connectivity index (χ4n) is 2.55. The number of aliphatic hydroxyl groups excluding tert-OH is 1. The third-order valence-corrected chi connectivity index (χ3v) is 4.36. The molecule has 1 aromatic heterocycles. The molecule has 2 aromatic carbocycles. The molecular formula is C18H16Cl2N2O3. The van der Waals surface area contributed by atoms with Crippen LogP contribution in [0.15, 0.2) is 36.5 Å². The number of pyridine rings is 1. The van der Waals surface area contributed by atoms with Crippen molar-refractivity contribution >= 4 is 45.5 Å². The Labute approximate surface area is 155 Å². The van der Waals surface area contributed by atoms with Gasteiger partial charge < -0.3 is 19.9 Å². The number of fused-ring (bicyclic) bond motifs is 1. The Morgan fingerprint density at radius 3 is 2.44 bits per heavy atom. The summed E-state index contributed by atoms with van der Waals surface area (Å²) in [5.41, 5.74) is 2.69. The molecular weight excluding hydrogens is 363 g/mol. The molecule has 0 unspecified atom stereocenters. The van der Waals surface area contributed by atoms with Crippen molar-refractivity contribution in [1.82, 2.24) is 4.98 Å². The average molecular weight is 379 g/mol. The van der Waals surface area contributed by atoms with Crippen molar-refractivity contribution < 1.29 is 14.6 Å². The van der Waals surface area contributed by atoms with Crippen molar-refractivity contribution in [3.05, 3.63) is 52.1 Å². The van der Waals surface area contributed by atoms with Crippen LogP contribution in [0, 0.1) is 0 Å². The fraction of sp³-hybridized carbons (Fsp3) is 0.167. The van der Waals surface area contributed by atoms with Crippen molar-refractivity contribution in [2.45, 2.75) is 6.61 Å². The van der Waals surface area contributed by atoms with Crippen molar-refractivity contribution in [3.8, 4) is 11.5 Å². The molecule has 3 rings (SSSR count). The van der Waals surface area contributed by atoms with Gasteiger partial charge in [-0.1, -0.05) is 23.2 Å². The molecule has 0 bridgehead atoms. The van der Waals surface area contributed by atoms with E-state index in [4.69, 9.17) is 32.7 Å². The first-order valence-corrected chi connectivity index (χ1v) is 8.19. The van der Waals surface area contributed by atoms with Gasteiger partial charge in [0, 0.05) is 28.2 Å². The second-order valence-electron chi connectivity index (χ2n) is 5.29. The van der Waals surface area contributed by atoms with E-state index in [2.05, 4.69) is 10.3 Å². The number of hydrogen-bond acceptors (Lipinski definition) is 5. The van der Waals surface area contributed by atoms with Crippen LogP contribution in [-0.2, 0) is 6.61 Å². The highest BCUT2D eigenvalue weighted by Crippen LogP contribution is 2.38. The SMILES string of the molecule is COc1cc2ncc(CO)c(Nc3ccc(Cl)cc3Cl)c2cc1OC. The maximum absolute atomic E-state index is 9.71. The lowest BCUT2D eigenvalue weighted by molar-refractivity contribution is 0.282. The predicted octanol–water partition coefficient (Wildman–Crippen LogP) is 4.79.